The Morgan fingerprint density at radius 2 is 2.04 bits per heavy atom. The number of fused-ring (bicyclic) bond motifs is 1. The first kappa shape index (κ1) is 17.9. The van der Waals surface area contributed by atoms with Crippen LogP contribution in [0.1, 0.15) is 12.6 Å². The van der Waals surface area contributed by atoms with Crippen molar-refractivity contribution in [2.24, 2.45) is 7.05 Å². The summed E-state index contributed by atoms with van der Waals surface area (Å²) in [5.74, 6) is 1.03. The predicted octanol–water partition coefficient (Wildman–Crippen LogP) is 4.19. The Balaban J connectivity index is 2.19. The summed E-state index contributed by atoms with van der Waals surface area (Å²) in [6.45, 7) is 1.87. The van der Waals surface area contributed by atoms with Crippen molar-refractivity contribution < 1.29 is 17.7 Å². The minimum absolute atomic E-state index is 0.124. The van der Waals surface area contributed by atoms with E-state index >= 15 is 0 Å². The molecule has 3 rings (SSSR count). The number of aromatic nitrogens is 4. The summed E-state index contributed by atoms with van der Waals surface area (Å²) in [5.41, 5.74) is -0.684. The maximum Gasteiger partial charge on any atom is 0.435 e. The summed E-state index contributed by atoms with van der Waals surface area (Å²) in [5, 5.41) is 6.91. The smallest absolute Gasteiger partial charge is 0.309 e. The third-order valence-electron chi connectivity index (χ3n) is 3.31. The molecule has 0 aromatic carbocycles. The van der Waals surface area contributed by atoms with Crippen molar-refractivity contribution in [3.05, 3.63) is 20.7 Å². The van der Waals surface area contributed by atoms with E-state index in [4.69, 9.17) is 0 Å². The molecule has 3 aromatic rings. The lowest BCUT2D eigenvalue weighted by Gasteiger charge is -2.03. The molecular formula is C13H11F3IN4OS2+. The maximum absolute atomic E-state index is 12.8. The van der Waals surface area contributed by atoms with Gasteiger partial charge >= 0.3 is 6.18 Å². The summed E-state index contributed by atoms with van der Waals surface area (Å²) in [7, 11) is 1.67. The zero-order valence-corrected chi connectivity index (χ0v) is 16.2. The van der Waals surface area contributed by atoms with E-state index in [1.54, 1.807) is 11.6 Å². The topological polar surface area (TPSA) is 63.8 Å². The fourth-order valence-electron chi connectivity index (χ4n) is 2.16. The van der Waals surface area contributed by atoms with E-state index in [0.717, 1.165) is 18.7 Å². The van der Waals surface area contributed by atoms with E-state index in [2.05, 4.69) is 37.8 Å². The number of hydrogen-bond donors (Lipinski definition) is 1. The second-order valence-corrected chi connectivity index (χ2v) is 9.52. The maximum atomic E-state index is 12.8. The molecule has 0 aliphatic carbocycles. The first-order chi connectivity index (χ1) is 11.2. The monoisotopic (exact) mass is 487 g/mol. The van der Waals surface area contributed by atoms with Crippen molar-refractivity contribution in [3.63, 3.8) is 0 Å². The molecule has 0 fully saturated rings. The molecule has 0 spiro atoms. The minimum Gasteiger partial charge on any atom is -0.309 e. The van der Waals surface area contributed by atoms with Gasteiger partial charge in [-0.25, -0.2) is 4.98 Å². The van der Waals surface area contributed by atoms with Gasteiger partial charge in [0, 0.05) is 19.2 Å². The van der Waals surface area contributed by atoms with Crippen molar-refractivity contribution in [2.75, 3.05) is 5.75 Å². The highest BCUT2D eigenvalue weighted by molar-refractivity contribution is 14.1. The zero-order chi connectivity index (χ0) is 17.6. The van der Waals surface area contributed by atoms with Gasteiger partial charge in [-0.1, -0.05) is 0 Å². The van der Waals surface area contributed by atoms with Crippen LogP contribution in [0.3, 0.4) is 0 Å². The standard InChI is InChI=1S/C13H11F3IN4OS2/c1-3-24(22)7-5-9(17)23-10(7)12-18-6-4-8(13(14,15)16)19-20-11(6)21(12)2/h4-5,22H,3H2,1-2H3/q+1. The predicted molar refractivity (Wildman–Crippen MR) is 96.1 cm³/mol. The molecule has 0 saturated carbocycles. The van der Waals surface area contributed by atoms with E-state index < -0.39 is 23.0 Å². The summed E-state index contributed by atoms with van der Waals surface area (Å²) >= 11 is 2.63. The molecule has 3 aromatic heterocycles. The molecule has 5 nitrogen and oxygen atoms in total. The number of nitrogens with zero attached hydrogens (tertiary/aromatic N) is 4. The molecule has 0 radical (unpaired) electrons. The Kier molecular flexibility index (Phi) is 4.79. The third kappa shape index (κ3) is 3.13. The van der Waals surface area contributed by atoms with E-state index in [1.165, 1.54) is 11.3 Å². The van der Waals surface area contributed by atoms with E-state index in [0.29, 0.717) is 11.6 Å². The molecule has 24 heavy (non-hydrogen) atoms. The van der Waals surface area contributed by atoms with Crippen LogP contribution in [0.2, 0.25) is 0 Å². The molecule has 1 N–H and O–H groups in total. The van der Waals surface area contributed by atoms with Gasteiger partial charge in [-0.3, -0.25) is 0 Å². The SMILES string of the molecule is CC[S+](O)c1cc(I)sc1-c1nc2cc(C(F)(F)F)nnc2n1C. The summed E-state index contributed by atoms with van der Waals surface area (Å²) in [6, 6.07) is 2.77. The van der Waals surface area contributed by atoms with Gasteiger partial charge in [0.15, 0.2) is 28.3 Å². The summed E-state index contributed by atoms with van der Waals surface area (Å²) < 4.78 is 51.2. The third-order valence-corrected chi connectivity index (χ3v) is 6.70. The van der Waals surface area contributed by atoms with E-state index in [-0.39, 0.29) is 11.2 Å². The van der Waals surface area contributed by atoms with Crippen LogP contribution in [0.4, 0.5) is 13.2 Å². The van der Waals surface area contributed by atoms with Crippen molar-refractivity contribution in [1.82, 2.24) is 19.7 Å². The first-order valence-corrected chi connectivity index (χ1v) is 9.94. The van der Waals surface area contributed by atoms with Gasteiger partial charge < -0.3 is 4.57 Å². The molecule has 1 unspecified atom stereocenters. The second-order valence-electron chi connectivity index (χ2n) is 4.83. The average molecular weight is 487 g/mol. The second kappa shape index (κ2) is 6.42. The van der Waals surface area contributed by atoms with Gasteiger partial charge in [0.2, 0.25) is 4.90 Å². The number of hydrogen-bond acceptors (Lipinski definition) is 5. The van der Waals surface area contributed by atoms with Crippen LogP contribution in [0.15, 0.2) is 17.0 Å². The van der Waals surface area contributed by atoms with Gasteiger partial charge in [0.1, 0.15) is 16.1 Å². The number of thiophene rings is 1. The highest BCUT2D eigenvalue weighted by atomic mass is 127. The Labute approximate surface area is 155 Å². The lowest BCUT2D eigenvalue weighted by atomic mass is 10.3. The molecule has 128 valence electrons. The molecule has 1 atom stereocenters. The normalized spacial score (nSPS) is 13.6. The van der Waals surface area contributed by atoms with Crippen LogP contribution in [0, 0.1) is 2.88 Å². The number of aryl methyl sites for hydroxylation is 1. The average Bonchev–Trinajstić information content (AvgIpc) is 3.06. The highest BCUT2D eigenvalue weighted by Crippen LogP contribution is 2.37. The fraction of sp³-hybridized carbons (Fsp3) is 0.308. The quantitative estimate of drug-likeness (QED) is 0.445. The molecule has 0 aliphatic heterocycles. The molecule has 0 aliphatic rings. The van der Waals surface area contributed by atoms with Gasteiger partial charge in [0.25, 0.3) is 0 Å². The van der Waals surface area contributed by atoms with Gasteiger partial charge in [-0.2, -0.15) is 17.7 Å². The van der Waals surface area contributed by atoms with Crippen LogP contribution < -0.4 is 0 Å². The molecule has 3 heterocycles. The Morgan fingerprint density at radius 1 is 1.33 bits per heavy atom. The number of imidazole rings is 1. The van der Waals surface area contributed by atoms with Crippen molar-refractivity contribution in [1.29, 1.82) is 0 Å². The Morgan fingerprint density at radius 3 is 2.67 bits per heavy atom. The lowest BCUT2D eigenvalue weighted by Crippen LogP contribution is -2.09. The van der Waals surface area contributed by atoms with E-state index in [1.807, 2.05) is 13.0 Å². The lowest BCUT2D eigenvalue weighted by molar-refractivity contribution is -0.141. The van der Waals surface area contributed by atoms with Crippen LogP contribution in [-0.4, -0.2) is 30.1 Å². The Bertz CT molecular complexity index is 909. The van der Waals surface area contributed by atoms with Crippen LogP contribution in [0.25, 0.3) is 21.9 Å². The minimum atomic E-state index is -4.57. The number of rotatable bonds is 3. The molecule has 0 amide bonds. The van der Waals surface area contributed by atoms with Crippen LogP contribution in [0.5, 0.6) is 0 Å². The Hall–Kier alpha value is -0.920. The number of halogens is 4. The van der Waals surface area contributed by atoms with E-state index in [9.17, 15) is 17.7 Å². The van der Waals surface area contributed by atoms with Crippen molar-refractivity contribution in [2.45, 2.75) is 18.0 Å². The largest absolute Gasteiger partial charge is 0.435 e. The molecule has 0 saturated heterocycles. The molecular weight excluding hydrogens is 476 g/mol. The zero-order valence-electron chi connectivity index (χ0n) is 12.4. The molecule has 0 bridgehead atoms. The van der Waals surface area contributed by atoms with Crippen LogP contribution in [-0.2, 0) is 24.4 Å². The van der Waals surface area contributed by atoms with Gasteiger partial charge in [0.05, 0.1) is 2.88 Å². The van der Waals surface area contributed by atoms with Gasteiger partial charge in [-0.15, -0.1) is 21.5 Å². The summed E-state index contributed by atoms with van der Waals surface area (Å²) in [6.07, 6.45) is -4.57. The van der Waals surface area contributed by atoms with Gasteiger partial charge in [-0.05, 0) is 29.5 Å². The van der Waals surface area contributed by atoms with Crippen molar-refractivity contribution in [3.8, 4) is 10.7 Å². The number of alkyl halides is 3. The molecule has 11 heteroatoms. The van der Waals surface area contributed by atoms with Crippen LogP contribution >= 0.6 is 33.9 Å². The summed E-state index contributed by atoms with van der Waals surface area (Å²) in [4.78, 5) is 5.79. The highest BCUT2D eigenvalue weighted by Gasteiger charge is 2.34. The fourth-order valence-corrected chi connectivity index (χ4v) is 5.51. The first-order valence-electron chi connectivity index (χ1n) is 6.69. The van der Waals surface area contributed by atoms with Crippen molar-refractivity contribution >= 4 is 56.3 Å².